The van der Waals surface area contributed by atoms with Gasteiger partial charge in [0.05, 0.1) is 4.92 Å². The smallest absolute Gasteiger partial charge is 0.308 e. The molecule has 1 fully saturated rings. The quantitative estimate of drug-likeness (QED) is 0.624. The molecule has 1 unspecified atom stereocenters. The number of nitrogens with zero attached hydrogens (tertiary/aromatic N) is 1. The van der Waals surface area contributed by atoms with E-state index in [1.807, 2.05) is 0 Å². The van der Waals surface area contributed by atoms with Crippen molar-refractivity contribution in [3.8, 4) is 0 Å². The molecule has 2 rings (SSSR count). The highest BCUT2D eigenvalue weighted by Crippen LogP contribution is 2.29. The van der Waals surface area contributed by atoms with Crippen LogP contribution in [0.1, 0.15) is 24.4 Å². The van der Waals surface area contributed by atoms with Crippen LogP contribution in [-0.2, 0) is 0 Å². The van der Waals surface area contributed by atoms with Crippen molar-refractivity contribution in [1.29, 1.82) is 0 Å². The van der Waals surface area contributed by atoms with Crippen molar-refractivity contribution in [2.75, 3.05) is 6.54 Å². The summed E-state index contributed by atoms with van der Waals surface area (Å²) < 4.78 is 26.2. The Hall–Kier alpha value is -1.56. The van der Waals surface area contributed by atoms with Crippen LogP contribution >= 0.6 is 0 Å². The minimum absolute atomic E-state index is 0.117. The molecule has 1 aliphatic heterocycles. The van der Waals surface area contributed by atoms with Gasteiger partial charge in [0.15, 0.2) is 5.82 Å². The summed E-state index contributed by atoms with van der Waals surface area (Å²) in [6.45, 7) is 0.789. The molecule has 1 aromatic carbocycles. The van der Waals surface area contributed by atoms with Crippen molar-refractivity contribution in [3.63, 3.8) is 0 Å². The van der Waals surface area contributed by atoms with E-state index >= 15 is 0 Å². The predicted octanol–water partition coefficient (Wildman–Crippen LogP) is 2.30. The molecule has 0 radical (unpaired) electrons. The topological polar surface area (TPSA) is 55.2 Å². The van der Waals surface area contributed by atoms with E-state index in [0.29, 0.717) is 5.56 Å². The van der Waals surface area contributed by atoms with E-state index in [0.717, 1.165) is 31.5 Å². The van der Waals surface area contributed by atoms with Crippen molar-refractivity contribution < 1.29 is 13.7 Å². The van der Waals surface area contributed by atoms with Gasteiger partial charge in [0.1, 0.15) is 0 Å². The minimum atomic E-state index is -1.40. The van der Waals surface area contributed by atoms with Gasteiger partial charge in [0, 0.05) is 12.1 Å². The van der Waals surface area contributed by atoms with E-state index in [4.69, 9.17) is 0 Å². The maximum atomic E-state index is 13.1. The van der Waals surface area contributed by atoms with Gasteiger partial charge in [-0.05, 0) is 31.0 Å². The van der Waals surface area contributed by atoms with E-state index in [1.165, 1.54) is 0 Å². The second-order valence-corrected chi connectivity index (χ2v) is 3.74. The molecule has 1 aliphatic rings. The molecular weight excluding hydrogens is 218 g/mol. The first-order valence-electron chi connectivity index (χ1n) is 4.96. The van der Waals surface area contributed by atoms with E-state index in [9.17, 15) is 18.9 Å². The Bertz CT molecular complexity index is 431. The zero-order valence-electron chi connectivity index (χ0n) is 8.37. The van der Waals surface area contributed by atoms with Gasteiger partial charge >= 0.3 is 5.69 Å². The Labute approximate surface area is 90.4 Å². The maximum absolute atomic E-state index is 13.1. The molecule has 0 spiro atoms. The number of nitrogens with one attached hydrogen (secondary N) is 1. The van der Waals surface area contributed by atoms with Crippen LogP contribution in [-0.4, -0.2) is 11.5 Å². The molecule has 1 saturated heterocycles. The number of rotatable bonds is 2. The normalized spacial score (nSPS) is 20.0. The van der Waals surface area contributed by atoms with Crippen molar-refractivity contribution in [2.24, 2.45) is 0 Å². The first kappa shape index (κ1) is 10.9. The zero-order chi connectivity index (χ0) is 11.7. The molecule has 1 atom stereocenters. The lowest BCUT2D eigenvalue weighted by atomic mass is 10.0. The number of benzene rings is 1. The van der Waals surface area contributed by atoms with Crippen LogP contribution in [0.4, 0.5) is 14.5 Å². The van der Waals surface area contributed by atoms with Gasteiger partial charge in [-0.2, -0.15) is 4.39 Å². The molecule has 1 N–H and O–H groups in total. The van der Waals surface area contributed by atoms with Gasteiger partial charge < -0.3 is 5.32 Å². The summed E-state index contributed by atoms with van der Waals surface area (Å²) in [6.07, 6.45) is 1.71. The van der Waals surface area contributed by atoms with E-state index in [2.05, 4.69) is 5.32 Å². The van der Waals surface area contributed by atoms with Crippen LogP contribution in [0.2, 0.25) is 0 Å². The zero-order valence-corrected chi connectivity index (χ0v) is 8.37. The van der Waals surface area contributed by atoms with Gasteiger partial charge in [-0.3, -0.25) is 10.1 Å². The molecule has 0 aliphatic carbocycles. The second kappa shape index (κ2) is 4.13. The molecule has 6 heteroatoms. The Morgan fingerprint density at radius 2 is 2.19 bits per heavy atom. The van der Waals surface area contributed by atoms with Crippen molar-refractivity contribution in [3.05, 3.63) is 39.4 Å². The molecule has 4 nitrogen and oxygen atoms in total. The van der Waals surface area contributed by atoms with Crippen LogP contribution in [0.5, 0.6) is 0 Å². The Kier molecular flexibility index (Phi) is 2.82. The summed E-state index contributed by atoms with van der Waals surface area (Å²) in [6, 6.07) is 2.00. The number of nitro benzene ring substituents is 1. The van der Waals surface area contributed by atoms with Crippen molar-refractivity contribution in [1.82, 2.24) is 5.32 Å². The summed E-state index contributed by atoms with van der Waals surface area (Å²) in [5.74, 6) is -2.57. The van der Waals surface area contributed by atoms with E-state index < -0.39 is 22.2 Å². The Morgan fingerprint density at radius 3 is 2.75 bits per heavy atom. The third-order valence-corrected chi connectivity index (χ3v) is 2.69. The SMILES string of the molecule is O=[N+]([O-])c1cc(C2CCCN2)cc(F)c1F. The van der Waals surface area contributed by atoms with Gasteiger partial charge in [-0.1, -0.05) is 0 Å². The molecule has 0 saturated carbocycles. The molecule has 86 valence electrons. The fourth-order valence-corrected chi connectivity index (χ4v) is 1.90. The Morgan fingerprint density at radius 1 is 1.44 bits per heavy atom. The third kappa shape index (κ3) is 1.88. The van der Waals surface area contributed by atoms with Crippen LogP contribution in [0.25, 0.3) is 0 Å². The molecule has 16 heavy (non-hydrogen) atoms. The number of hydrogen-bond acceptors (Lipinski definition) is 3. The van der Waals surface area contributed by atoms with E-state index in [1.54, 1.807) is 0 Å². The summed E-state index contributed by atoms with van der Waals surface area (Å²) in [7, 11) is 0. The van der Waals surface area contributed by atoms with Crippen molar-refractivity contribution in [2.45, 2.75) is 18.9 Å². The average Bonchev–Trinajstić information content (AvgIpc) is 2.74. The minimum Gasteiger partial charge on any atom is -0.310 e. The standard InChI is InChI=1S/C10H10F2N2O2/c11-7-4-6(8-2-1-3-13-8)5-9(10(7)12)14(15)16/h4-5,8,13H,1-3H2. The molecule has 0 bridgehead atoms. The third-order valence-electron chi connectivity index (χ3n) is 2.69. The van der Waals surface area contributed by atoms with E-state index in [-0.39, 0.29) is 6.04 Å². The second-order valence-electron chi connectivity index (χ2n) is 3.74. The summed E-state index contributed by atoms with van der Waals surface area (Å²) >= 11 is 0. The first-order chi connectivity index (χ1) is 7.59. The lowest BCUT2D eigenvalue weighted by Gasteiger charge is -2.10. The lowest BCUT2D eigenvalue weighted by molar-refractivity contribution is -0.387. The monoisotopic (exact) mass is 228 g/mol. The largest absolute Gasteiger partial charge is 0.310 e. The van der Waals surface area contributed by atoms with Crippen LogP contribution in [0, 0.1) is 21.7 Å². The summed E-state index contributed by atoms with van der Waals surface area (Å²) in [5.41, 5.74) is -0.369. The first-order valence-corrected chi connectivity index (χ1v) is 4.96. The van der Waals surface area contributed by atoms with Gasteiger partial charge in [-0.15, -0.1) is 0 Å². The van der Waals surface area contributed by atoms with Crippen LogP contribution in [0.3, 0.4) is 0 Å². The summed E-state index contributed by atoms with van der Waals surface area (Å²) in [4.78, 5) is 9.61. The molecule has 1 aromatic rings. The summed E-state index contributed by atoms with van der Waals surface area (Å²) in [5, 5.41) is 13.6. The highest BCUT2D eigenvalue weighted by atomic mass is 19.2. The molecule has 0 amide bonds. The highest BCUT2D eigenvalue weighted by molar-refractivity contribution is 5.38. The fraction of sp³-hybridized carbons (Fsp3) is 0.400. The predicted molar refractivity (Wildman–Crippen MR) is 53.0 cm³/mol. The van der Waals surface area contributed by atoms with Gasteiger partial charge in [0.2, 0.25) is 5.82 Å². The Balaban J connectivity index is 2.43. The molecule has 1 heterocycles. The molecular formula is C10H10F2N2O2. The maximum Gasteiger partial charge on any atom is 0.308 e. The lowest BCUT2D eigenvalue weighted by Crippen LogP contribution is -2.13. The van der Waals surface area contributed by atoms with Gasteiger partial charge in [-0.25, -0.2) is 4.39 Å². The number of halogens is 2. The number of hydrogen-bond donors (Lipinski definition) is 1. The molecule has 0 aromatic heterocycles. The van der Waals surface area contributed by atoms with Crippen LogP contribution in [0.15, 0.2) is 12.1 Å². The average molecular weight is 228 g/mol. The fourth-order valence-electron chi connectivity index (χ4n) is 1.90. The number of nitro groups is 1. The van der Waals surface area contributed by atoms with Gasteiger partial charge in [0.25, 0.3) is 0 Å². The van der Waals surface area contributed by atoms with Crippen LogP contribution < -0.4 is 5.32 Å². The van der Waals surface area contributed by atoms with Crippen molar-refractivity contribution >= 4 is 5.69 Å². The highest BCUT2D eigenvalue weighted by Gasteiger charge is 2.24.